The van der Waals surface area contributed by atoms with Crippen LogP contribution in [0.2, 0.25) is 0 Å². The Kier molecular flexibility index (Phi) is 3.72. The number of halogens is 1. The van der Waals surface area contributed by atoms with E-state index in [1.807, 2.05) is 12.1 Å². The summed E-state index contributed by atoms with van der Waals surface area (Å²) in [4.78, 5) is 11.4. The van der Waals surface area contributed by atoms with Crippen molar-refractivity contribution in [2.45, 2.75) is 0 Å². The van der Waals surface area contributed by atoms with Gasteiger partial charge in [-0.1, -0.05) is 0 Å². The third kappa shape index (κ3) is 2.73. The molecule has 0 saturated heterocycles. The molecule has 94 valence electrons. The highest BCUT2D eigenvalue weighted by molar-refractivity contribution is 9.10. The Labute approximate surface area is 113 Å². The second-order valence-electron chi connectivity index (χ2n) is 3.71. The predicted molar refractivity (Wildman–Crippen MR) is 72.5 cm³/mol. The molecule has 0 aliphatic rings. The molecule has 1 aromatic carbocycles. The van der Waals surface area contributed by atoms with E-state index in [1.165, 1.54) is 10.6 Å². The Bertz CT molecular complexity index is 605. The Balaban J connectivity index is 2.28. The minimum Gasteiger partial charge on any atom is -0.497 e. The second kappa shape index (κ2) is 5.27. The largest absolute Gasteiger partial charge is 0.497 e. The topological polar surface area (TPSA) is 40.5 Å². The van der Waals surface area contributed by atoms with Gasteiger partial charge in [0.15, 0.2) is 5.75 Å². The van der Waals surface area contributed by atoms with Crippen molar-refractivity contribution in [2.24, 2.45) is 7.05 Å². The number of benzene rings is 1. The highest BCUT2D eigenvalue weighted by Gasteiger charge is 2.05. The summed E-state index contributed by atoms with van der Waals surface area (Å²) < 4.78 is 12.8. The minimum atomic E-state index is -0.0936. The Morgan fingerprint density at radius 2 is 1.78 bits per heavy atom. The van der Waals surface area contributed by atoms with Gasteiger partial charge in [-0.15, -0.1) is 0 Å². The van der Waals surface area contributed by atoms with Crippen LogP contribution in [0.3, 0.4) is 0 Å². The van der Waals surface area contributed by atoms with E-state index in [1.54, 1.807) is 32.5 Å². The summed E-state index contributed by atoms with van der Waals surface area (Å²) in [6.45, 7) is 0. The van der Waals surface area contributed by atoms with Crippen LogP contribution in [0.15, 0.2) is 45.8 Å². The smallest absolute Gasteiger partial charge is 0.251 e. The molecule has 0 unspecified atom stereocenters. The molecule has 0 bridgehead atoms. The molecule has 1 aromatic heterocycles. The van der Waals surface area contributed by atoms with Gasteiger partial charge in [-0.05, 0) is 40.2 Å². The zero-order chi connectivity index (χ0) is 13.1. The lowest BCUT2D eigenvalue weighted by atomic mass is 10.3. The Morgan fingerprint density at radius 3 is 2.39 bits per heavy atom. The van der Waals surface area contributed by atoms with Crippen LogP contribution < -0.4 is 15.0 Å². The summed E-state index contributed by atoms with van der Waals surface area (Å²) in [5, 5.41) is 0. The molecule has 4 nitrogen and oxygen atoms in total. The van der Waals surface area contributed by atoms with Crippen molar-refractivity contribution in [1.29, 1.82) is 0 Å². The van der Waals surface area contributed by atoms with E-state index in [0.29, 0.717) is 16.0 Å². The fraction of sp³-hybridized carbons (Fsp3) is 0.154. The fourth-order valence-electron chi connectivity index (χ4n) is 1.43. The summed E-state index contributed by atoms with van der Waals surface area (Å²) in [6, 6.07) is 8.70. The van der Waals surface area contributed by atoms with Gasteiger partial charge >= 0.3 is 0 Å². The summed E-state index contributed by atoms with van der Waals surface area (Å²) in [5.41, 5.74) is -0.0936. The van der Waals surface area contributed by atoms with Gasteiger partial charge in [0.25, 0.3) is 5.56 Å². The van der Waals surface area contributed by atoms with Crippen LogP contribution >= 0.6 is 15.9 Å². The molecular formula is C13H12BrNO3. The van der Waals surface area contributed by atoms with Gasteiger partial charge < -0.3 is 14.0 Å². The van der Waals surface area contributed by atoms with Crippen molar-refractivity contribution >= 4 is 15.9 Å². The van der Waals surface area contributed by atoms with Crippen LogP contribution in [0.25, 0.3) is 0 Å². The van der Waals surface area contributed by atoms with Gasteiger partial charge in [-0.2, -0.15) is 0 Å². The summed E-state index contributed by atoms with van der Waals surface area (Å²) in [5.74, 6) is 2.03. The normalized spacial score (nSPS) is 10.2. The average molecular weight is 310 g/mol. The maximum Gasteiger partial charge on any atom is 0.251 e. The van der Waals surface area contributed by atoms with Gasteiger partial charge in [0.2, 0.25) is 0 Å². The third-order valence-corrected chi connectivity index (χ3v) is 3.05. The van der Waals surface area contributed by atoms with Gasteiger partial charge in [-0.25, -0.2) is 0 Å². The molecule has 0 saturated carbocycles. The van der Waals surface area contributed by atoms with Crippen molar-refractivity contribution in [3.63, 3.8) is 0 Å². The fourth-order valence-corrected chi connectivity index (χ4v) is 1.81. The quantitative estimate of drug-likeness (QED) is 0.875. The molecule has 0 spiro atoms. The van der Waals surface area contributed by atoms with E-state index in [4.69, 9.17) is 9.47 Å². The number of pyridine rings is 1. The van der Waals surface area contributed by atoms with Crippen LogP contribution in [-0.2, 0) is 7.05 Å². The molecule has 0 atom stereocenters. The number of ether oxygens (including phenoxy) is 2. The maximum atomic E-state index is 11.4. The molecule has 0 amide bonds. The number of aromatic nitrogens is 1. The van der Waals surface area contributed by atoms with Gasteiger partial charge in [0.1, 0.15) is 11.5 Å². The minimum absolute atomic E-state index is 0.0936. The first-order valence-corrected chi connectivity index (χ1v) is 6.07. The monoisotopic (exact) mass is 309 g/mol. The lowest BCUT2D eigenvalue weighted by Crippen LogP contribution is -2.14. The number of methoxy groups -OCH3 is 1. The van der Waals surface area contributed by atoms with Crippen LogP contribution in [0, 0.1) is 0 Å². The molecule has 0 aliphatic heterocycles. The first-order valence-electron chi connectivity index (χ1n) is 5.28. The third-order valence-electron chi connectivity index (χ3n) is 2.43. The molecule has 0 fully saturated rings. The zero-order valence-corrected chi connectivity index (χ0v) is 11.6. The van der Waals surface area contributed by atoms with Gasteiger partial charge in [0.05, 0.1) is 17.8 Å². The molecule has 0 radical (unpaired) electrons. The second-order valence-corrected chi connectivity index (χ2v) is 4.57. The first-order chi connectivity index (χ1) is 8.60. The molecule has 18 heavy (non-hydrogen) atoms. The number of hydrogen-bond acceptors (Lipinski definition) is 3. The lowest BCUT2D eigenvalue weighted by Gasteiger charge is -2.09. The Morgan fingerprint density at radius 1 is 1.17 bits per heavy atom. The average Bonchev–Trinajstić information content (AvgIpc) is 2.37. The van der Waals surface area contributed by atoms with Gasteiger partial charge in [-0.3, -0.25) is 4.79 Å². The van der Waals surface area contributed by atoms with E-state index in [2.05, 4.69) is 15.9 Å². The SMILES string of the molecule is COc1ccc(Oc2cn(C)c(=O)cc2Br)cc1. The summed E-state index contributed by atoms with van der Waals surface area (Å²) in [6.07, 6.45) is 1.64. The number of hydrogen-bond donors (Lipinski definition) is 0. The molecule has 0 aliphatic carbocycles. The number of aryl methyl sites for hydroxylation is 1. The lowest BCUT2D eigenvalue weighted by molar-refractivity contribution is 0.412. The van der Waals surface area contributed by atoms with E-state index in [9.17, 15) is 4.79 Å². The first kappa shape index (κ1) is 12.7. The van der Waals surface area contributed by atoms with Crippen molar-refractivity contribution in [2.75, 3.05) is 7.11 Å². The Hall–Kier alpha value is -1.75. The van der Waals surface area contributed by atoms with E-state index < -0.39 is 0 Å². The van der Waals surface area contributed by atoms with Crippen LogP contribution in [0.1, 0.15) is 0 Å². The number of nitrogens with zero attached hydrogens (tertiary/aromatic N) is 1. The maximum absolute atomic E-state index is 11.4. The molecule has 5 heteroatoms. The standard InChI is InChI=1S/C13H12BrNO3/c1-15-8-12(11(14)7-13(15)16)18-10-5-3-9(17-2)4-6-10/h3-8H,1-2H3. The van der Waals surface area contributed by atoms with Crippen molar-refractivity contribution in [1.82, 2.24) is 4.57 Å². The molecule has 1 heterocycles. The van der Waals surface area contributed by atoms with Crippen LogP contribution in [0.4, 0.5) is 0 Å². The molecule has 2 rings (SSSR count). The van der Waals surface area contributed by atoms with E-state index in [0.717, 1.165) is 5.75 Å². The van der Waals surface area contributed by atoms with Crippen LogP contribution in [-0.4, -0.2) is 11.7 Å². The summed E-state index contributed by atoms with van der Waals surface area (Å²) >= 11 is 3.30. The van der Waals surface area contributed by atoms with E-state index in [-0.39, 0.29) is 5.56 Å². The van der Waals surface area contributed by atoms with Gasteiger partial charge in [0, 0.05) is 13.1 Å². The zero-order valence-electron chi connectivity index (χ0n) is 10.0. The van der Waals surface area contributed by atoms with Crippen molar-refractivity contribution < 1.29 is 9.47 Å². The van der Waals surface area contributed by atoms with E-state index >= 15 is 0 Å². The number of rotatable bonds is 3. The highest BCUT2D eigenvalue weighted by atomic mass is 79.9. The van der Waals surface area contributed by atoms with Crippen molar-refractivity contribution in [3.8, 4) is 17.2 Å². The molecule has 2 aromatic rings. The summed E-state index contributed by atoms with van der Waals surface area (Å²) in [7, 11) is 3.29. The highest BCUT2D eigenvalue weighted by Crippen LogP contribution is 2.28. The molecular weight excluding hydrogens is 298 g/mol. The predicted octanol–water partition coefficient (Wildman–Crippen LogP) is 2.95. The molecule has 0 N–H and O–H groups in total. The van der Waals surface area contributed by atoms with Crippen molar-refractivity contribution in [3.05, 3.63) is 51.4 Å². The van der Waals surface area contributed by atoms with Crippen LogP contribution in [0.5, 0.6) is 17.2 Å².